The van der Waals surface area contributed by atoms with Crippen molar-refractivity contribution in [1.29, 1.82) is 0 Å². The molecule has 0 saturated carbocycles. The van der Waals surface area contributed by atoms with Crippen LogP contribution in [-0.4, -0.2) is 31.8 Å². The highest BCUT2D eigenvalue weighted by atomic mass is 19.4. The molecule has 3 rings (SSSR count). The number of hydrogen-bond acceptors (Lipinski definition) is 6. The molecule has 0 unspecified atom stereocenters. The number of anilines is 3. The fraction of sp³-hybridized carbons (Fsp3) is 0.200. The van der Waals surface area contributed by atoms with Crippen LogP contribution in [0.3, 0.4) is 0 Å². The van der Waals surface area contributed by atoms with Crippen molar-refractivity contribution < 1.29 is 13.2 Å². The lowest BCUT2D eigenvalue weighted by atomic mass is 10.2. The third-order valence-corrected chi connectivity index (χ3v) is 3.42. The molecule has 0 bridgehead atoms. The summed E-state index contributed by atoms with van der Waals surface area (Å²) in [6.45, 7) is 0. The van der Waals surface area contributed by atoms with Gasteiger partial charge >= 0.3 is 6.18 Å². The Bertz CT molecular complexity index is 872. The number of nitrogens with one attached hydrogen (secondary N) is 2. The molecule has 0 aliphatic rings. The van der Waals surface area contributed by atoms with Crippen LogP contribution in [0.4, 0.5) is 30.6 Å². The maximum atomic E-state index is 12.5. The highest BCUT2D eigenvalue weighted by Crippen LogP contribution is 2.29. The molecule has 0 aliphatic heterocycles. The summed E-state index contributed by atoms with van der Waals surface area (Å²) >= 11 is 0. The molecule has 3 aromatic rings. The van der Waals surface area contributed by atoms with Gasteiger partial charge in [-0.2, -0.15) is 18.3 Å². The molecule has 7 nitrogen and oxygen atoms in total. The van der Waals surface area contributed by atoms with E-state index < -0.39 is 11.9 Å². The van der Waals surface area contributed by atoms with E-state index in [1.54, 1.807) is 37.2 Å². The molecule has 0 aliphatic carbocycles. The summed E-state index contributed by atoms with van der Waals surface area (Å²) in [5.74, 6) is 1.02. The highest BCUT2D eigenvalue weighted by molar-refractivity contribution is 5.72. The van der Waals surface area contributed by atoms with E-state index in [0.717, 1.165) is 23.6 Å². The number of nitrogens with zero attached hydrogens (tertiary/aromatic N) is 5. The second-order valence-corrected chi connectivity index (χ2v) is 5.10. The van der Waals surface area contributed by atoms with Crippen LogP contribution in [0.25, 0.3) is 11.3 Å². The molecule has 0 spiro atoms. The molecule has 0 atom stereocenters. The Hall–Kier alpha value is -3.17. The average molecular weight is 349 g/mol. The lowest BCUT2D eigenvalue weighted by Crippen LogP contribution is -2.08. The van der Waals surface area contributed by atoms with Crippen LogP contribution in [0, 0.1) is 0 Å². The Morgan fingerprint density at radius 3 is 2.52 bits per heavy atom. The molecule has 0 aromatic carbocycles. The van der Waals surface area contributed by atoms with Gasteiger partial charge in [-0.25, -0.2) is 15.0 Å². The maximum absolute atomic E-state index is 12.5. The van der Waals surface area contributed by atoms with Crippen LogP contribution in [0.15, 0.2) is 36.8 Å². The number of aryl methyl sites for hydroxylation is 1. The zero-order valence-electron chi connectivity index (χ0n) is 13.3. The third-order valence-electron chi connectivity index (χ3n) is 3.42. The topological polar surface area (TPSA) is 80.6 Å². The first-order valence-electron chi connectivity index (χ1n) is 7.22. The van der Waals surface area contributed by atoms with Gasteiger partial charge in [-0.05, 0) is 18.2 Å². The Kier molecular flexibility index (Phi) is 4.26. The summed E-state index contributed by atoms with van der Waals surface area (Å²) in [4.78, 5) is 11.8. The highest BCUT2D eigenvalue weighted by Gasteiger charge is 2.32. The van der Waals surface area contributed by atoms with E-state index in [-0.39, 0.29) is 5.95 Å². The molecular formula is C15H14F3N7. The van der Waals surface area contributed by atoms with Crippen molar-refractivity contribution in [2.45, 2.75) is 6.18 Å². The molecule has 130 valence electrons. The fourth-order valence-electron chi connectivity index (χ4n) is 2.25. The van der Waals surface area contributed by atoms with Crippen molar-refractivity contribution in [3.8, 4) is 11.3 Å². The van der Waals surface area contributed by atoms with E-state index in [9.17, 15) is 13.2 Å². The van der Waals surface area contributed by atoms with E-state index in [1.165, 1.54) is 6.07 Å². The van der Waals surface area contributed by atoms with Crippen molar-refractivity contribution >= 4 is 17.5 Å². The minimum Gasteiger partial charge on any atom is -0.373 e. The van der Waals surface area contributed by atoms with Crippen LogP contribution in [0.2, 0.25) is 0 Å². The largest absolute Gasteiger partial charge is 0.433 e. The number of hydrogen-bond donors (Lipinski definition) is 2. The molecule has 0 amide bonds. The average Bonchev–Trinajstić information content (AvgIpc) is 2.95. The molecule has 0 fully saturated rings. The van der Waals surface area contributed by atoms with Crippen LogP contribution in [0.5, 0.6) is 0 Å². The first-order chi connectivity index (χ1) is 11.9. The summed E-state index contributed by atoms with van der Waals surface area (Å²) in [5, 5.41) is 10.0. The number of halogens is 3. The molecule has 3 heterocycles. The number of alkyl halides is 3. The van der Waals surface area contributed by atoms with Gasteiger partial charge in [0.15, 0.2) is 0 Å². The van der Waals surface area contributed by atoms with E-state index in [1.807, 2.05) is 0 Å². The quantitative estimate of drug-likeness (QED) is 0.753. The second-order valence-electron chi connectivity index (χ2n) is 5.10. The van der Waals surface area contributed by atoms with Gasteiger partial charge in [-0.15, -0.1) is 0 Å². The van der Waals surface area contributed by atoms with E-state index in [2.05, 4.69) is 30.7 Å². The van der Waals surface area contributed by atoms with Gasteiger partial charge in [0.1, 0.15) is 11.5 Å². The predicted octanol–water partition coefficient (Wildman–Crippen LogP) is 3.08. The van der Waals surface area contributed by atoms with Crippen molar-refractivity contribution in [2.75, 3.05) is 17.7 Å². The van der Waals surface area contributed by atoms with E-state index >= 15 is 0 Å². The van der Waals surface area contributed by atoms with Gasteiger partial charge in [0.2, 0.25) is 5.95 Å². The summed E-state index contributed by atoms with van der Waals surface area (Å²) < 4.78 is 39.3. The van der Waals surface area contributed by atoms with E-state index in [0.29, 0.717) is 11.4 Å². The molecule has 10 heteroatoms. The number of pyridine rings is 1. The third kappa shape index (κ3) is 3.52. The van der Waals surface area contributed by atoms with Gasteiger partial charge in [0.05, 0.1) is 29.3 Å². The minimum absolute atomic E-state index is 0.241. The van der Waals surface area contributed by atoms with Crippen molar-refractivity contribution in [2.24, 2.45) is 7.05 Å². The molecule has 3 aromatic heterocycles. The lowest BCUT2D eigenvalue weighted by molar-refractivity contribution is -0.141. The number of rotatable bonds is 4. The van der Waals surface area contributed by atoms with Gasteiger partial charge in [-0.1, -0.05) is 0 Å². The first-order valence-corrected chi connectivity index (χ1v) is 7.22. The van der Waals surface area contributed by atoms with Crippen LogP contribution in [-0.2, 0) is 13.2 Å². The van der Waals surface area contributed by atoms with E-state index in [4.69, 9.17) is 0 Å². The molecular weight excluding hydrogens is 335 g/mol. The second kappa shape index (κ2) is 6.38. The lowest BCUT2D eigenvalue weighted by Gasteiger charge is -2.09. The Morgan fingerprint density at radius 1 is 1.08 bits per heavy atom. The maximum Gasteiger partial charge on any atom is 0.433 e. The monoisotopic (exact) mass is 349 g/mol. The summed E-state index contributed by atoms with van der Waals surface area (Å²) in [7, 11) is 3.57. The summed E-state index contributed by atoms with van der Waals surface area (Å²) in [6.07, 6.45) is -0.174. The van der Waals surface area contributed by atoms with Crippen LogP contribution < -0.4 is 10.6 Å². The Balaban J connectivity index is 1.85. The van der Waals surface area contributed by atoms with Crippen molar-refractivity contribution in [3.05, 3.63) is 42.5 Å². The predicted molar refractivity (Wildman–Crippen MR) is 86.3 cm³/mol. The summed E-state index contributed by atoms with van der Waals surface area (Å²) in [5.41, 5.74) is 0.794. The van der Waals surface area contributed by atoms with Crippen molar-refractivity contribution in [3.63, 3.8) is 0 Å². The first kappa shape index (κ1) is 16.7. The molecule has 0 saturated heterocycles. The smallest absolute Gasteiger partial charge is 0.373 e. The Morgan fingerprint density at radius 2 is 1.88 bits per heavy atom. The Labute approximate surface area is 141 Å². The zero-order chi connectivity index (χ0) is 18.0. The van der Waals surface area contributed by atoms with Gasteiger partial charge in [0.25, 0.3) is 0 Å². The van der Waals surface area contributed by atoms with Gasteiger partial charge < -0.3 is 10.6 Å². The summed E-state index contributed by atoms with van der Waals surface area (Å²) in [6, 6.07) is 3.88. The SMILES string of the molecule is CNc1c(-c2ccnc(Nc3ccc(C(F)(F)F)nc3)n2)cnn1C. The minimum atomic E-state index is -4.47. The molecule has 0 radical (unpaired) electrons. The van der Waals surface area contributed by atoms with Crippen LogP contribution in [0.1, 0.15) is 5.69 Å². The normalized spacial score (nSPS) is 11.4. The van der Waals surface area contributed by atoms with Crippen molar-refractivity contribution in [1.82, 2.24) is 24.7 Å². The zero-order valence-corrected chi connectivity index (χ0v) is 13.3. The van der Waals surface area contributed by atoms with Gasteiger partial charge in [-0.3, -0.25) is 4.68 Å². The molecule has 25 heavy (non-hydrogen) atoms. The van der Waals surface area contributed by atoms with Crippen LogP contribution >= 0.6 is 0 Å². The standard InChI is InChI=1S/C15H14F3N7/c1-19-13-10(8-22-25(13)2)11-5-6-20-14(24-11)23-9-3-4-12(21-7-9)15(16,17)18/h3-8,19H,1-2H3,(H,20,23,24). The molecule has 2 N–H and O–H groups in total. The van der Waals surface area contributed by atoms with Gasteiger partial charge in [0, 0.05) is 20.3 Å². The fourth-order valence-corrected chi connectivity index (χ4v) is 2.25. The number of aromatic nitrogens is 5.